The van der Waals surface area contributed by atoms with E-state index in [2.05, 4.69) is 9.72 Å². The number of alkyl halides is 3. The number of nitrogens with zero attached hydrogens (tertiary/aromatic N) is 1. The molecular formula is C17H14Cl2F3N3O3. The number of amides is 1. The normalized spacial score (nSPS) is 13.4. The van der Waals surface area contributed by atoms with Gasteiger partial charge in [0, 0.05) is 6.20 Å². The number of aromatic nitrogens is 1. The van der Waals surface area contributed by atoms with Crippen LogP contribution >= 0.6 is 23.2 Å². The molecule has 1 amide bonds. The maximum Gasteiger partial charge on any atom is 0.441 e. The molecule has 6 nitrogen and oxygen atoms in total. The fourth-order valence-electron chi connectivity index (χ4n) is 2.26. The second kappa shape index (κ2) is 8.66. The van der Waals surface area contributed by atoms with Crippen molar-refractivity contribution in [2.75, 3.05) is 12.4 Å². The third-order valence-corrected chi connectivity index (χ3v) is 4.06. The van der Waals surface area contributed by atoms with Crippen LogP contribution < -0.4 is 10.6 Å². The number of nitrogens with one attached hydrogen (secondary N) is 2. The fourth-order valence-corrected chi connectivity index (χ4v) is 2.69. The maximum atomic E-state index is 13.9. The van der Waals surface area contributed by atoms with E-state index in [1.54, 1.807) is 35.6 Å². The number of hydrogen-bond acceptors (Lipinski definition) is 5. The Morgan fingerprint density at radius 1 is 1.18 bits per heavy atom. The summed E-state index contributed by atoms with van der Waals surface area (Å²) in [6.45, 7) is 0. The van der Waals surface area contributed by atoms with Crippen LogP contribution in [-0.4, -0.2) is 35.8 Å². The van der Waals surface area contributed by atoms with Crippen molar-refractivity contribution in [3.8, 4) is 0 Å². The summed E-state index contributed by atoms with van der Waals surface area (Å²) in [5.41, 5.74) is -3.17. The van der Waals surface area contributed by atoms with Crippen LogP contribution in [0.1, 0.15) is 5.56 Å². The van der Waals surface area contributed by atoms with E-state index in [0.717, 1.165) is 19.4 Å². The molecule has 0 aliphatic heterocycles. The molecule has 0 radical (unpaired) electrons. The van der Waals surface area contributed by atoms with Gasteiger partial charge in [0.2, 0.25) is 5.91 Å². The van der Waals surface area contributed by atoms with E-state index in [4.69, 9.17) is 23.2 Å². The molecule has 0 saturated carbocycles. The van der Waals surface area contributed by atoms with Gasteiger partial charge in [0.25, 0.3) is 0 Å². The molecule has 2 N–H and O–H groups in total. The summed E-state index contributed by atoms with van der Waals surface area (Å²) in [5.74, 6) is -3.39. The Balaban J connectivity index is 2.42. The number of carbonyl (C=O) groups excluding carboxylic acids is 2. The lowest BCUT2D eigenvalue weighted by Gasteiger charge is -2.34. The molecule has 1 atom stereocenters. The van der Waals surface area contributed by atoms with Crippen molar-refractivity contribution in [1.82, 2.24) is 10.3 Å². The van der Waals surface area contributed by atoms with Gasteiger partial charge in [-0.05, 0) is 11.6 Å². The summed E-state index contributed by atoms with van der Waals surface area (Å²) in [5, 5.41) is 3.32. The van der Waals surface area contributed by atoms with E-state index in [0.29, 0.717) is 5.56 Å². The van der Waals surface area contributed by atoms with Gasteiger partial charge in [-0.25, -0.2) is 9.78 Å². The minimum Gasteiger partial charge on any atom is -0.466 e. The molecule has 0 bridgehead atoms. The number of carbonyl (C=O) groups is 2. The largest absolute Gasteiger partial charge is 0.466 e. The van der Waals surface area contributed by atoms with E-state index in [-0.39, 0.29) is 10.0 Å². The summed E-state index contributed by atoms with van der Waals surface area (Å²) < 4.78 is 46.1. The summed E-state index contributed by atoms with van der Waals surface area (Å²) in [6, 6.07) is 9.16. The molecule has 2 aromatic rings. The molecule has 0 fully saturated rings. The summed E-state index contributed by atoms with van der Waals surface area (Å²) >= 11 is 11.5. The Labute approximate surface area is 168 Å². The summed E-state index contributed by atoms with van der Waals surface area (Å²) in [7, 11) is 0.755. The molecule has 11 heteroatoms. The zero-order valence-electron chi connectivity index (χ0n) is 14.3. The zero-order valence-corrected chi connectivity index (χ0v) is 15.8. The Kier molecular flexibility index (Phi) is 6.73. The van der Waals surface area contributed by atoms with Crippen molar-refractivity contribution in [1.29, 1.82) is 0 Å². The standard InChI is InChI=1S/C17H14Cl2F3N3O3/c1-28-15(27)16(17(20,21)22,25-14-12(19)8-11(18)9-23-14)24-13(26)7-10-5-3-2-4-6-10/h2-6,8-9H,7H2,1H3,(H,23,25)(H,24,26). The fraction of sp³-hybridized carbons (Fsp3) is 0.235. The monoisotopic (exact) mass is 435 g/mol. The highest BCUT2D eigenvalue weighted by Gasteiger charge is 2.63. The molecule has 2 rings (SSSR count). The number of hydrogen-bond donors (Lipinski definition) is 2. The topological polar surface area (TPSA) is 80.3 Å². The van der Waals surface area contributed by atoms with E-state index >= 15 is 0 Å². The van der Waals surface area contributed by atoms with Crippen LogP contribution in [0.15, 0.2) is 42.6 Å². The zero-order chi connectivity index (χ0) is 20.9. The number of rotatable bonds is 6. The second-order valence-corrected chi connectivity index (χ2v) is 6.40. The van der Waals surface area contributed by atoms with Crippen LogP contribution in [0.3, 0.4) is 0 Å². The minimum absolute atomic E-state index is 0.0688. The highest BCUT2D eigenvalue weighted by atomic mass is 35.5. The number of esters is 1. The molecular weight excluding hydrogens is 422 g/mol. The predicted molar refractivity (Wildman–Crippen MR) is 97.0 cm³/mol. The second-order valence-electron chi connectivity index (χ2n) is 5.56. The lowest BCUT2D eigenvalue weighted by molar-refractivity contribution is -0.206. The highest BCUT2D eigenvalue weighted by Crippen LogP contribution is 2.35. The van der Waals surface area contributed by atoms with Crippen molar-refractivity contribution in [3.05, 3.63) is 58.2 Å². The van der Waals surface area contributed by atoms with Gasteiger partial charge < -0.3 is 15.4 Å². The van der Waals surface area contributed by atoms with Crippen LogP contribution in [0.4, 0.5) is 19.0 Å². The van der Waals surface area contributed by atoms with Gasteiger partial charge in [0.05, 0.1) is 23.6 Å². The lowest BCUT2D eigenvalue weighted by Crippen LogP contribution is -2.69. The van der Waals surface area contributed by atoms with Crippen molar-refractivity contribution in [2.45, 2.75) is 18.3 Å². The molecule has 1 aromatic carbocycles. The number of ether oxygens (including phenoxy) is 1. The molecule has 150 valence electrons. The van der Waals surface area contributed by atoms with Crippen LogP contribution in [0, 0.1) is 0 Å². The number of pyridine rings is 1. The molecule has 0 aliphatic rings. The number of anilines is 1. The van der Waals surface area contributed by atoms with Gasteiger partial charge in [-0.1, -0.05) is 53.5 Å². The van der Waals surface area contributed by atoms with Gasteiger partial charge in [-0.3, -0.25) is 4.79 Å². The van der Waals surface area contributed by atoms with Gasteiger partial charge in [0.1, 0.15) is 5.82 Å². The van der Waals surface area contributed by atoms with Crippen molar-refractivity contribution >= 4 is 40.9 Å². The molecule has 0 spiro atoms. The molecule has 28 heavy (non-hydrogen) atoms. The Morgan fingerprint density at radius 3 is 2.36 bits per heavy atom. The quantitative estimate of drug-likeness (QED) is 0.535. The Bertz CT molecular complexity index is 866. The van der Waals surface area contributed by atoms with E-state index in [1.807, 2.05) is 5.32 Å². The molecule has 0 saturated heterocycles. The van der Waals surface area contributed by atoms with Crippen LogP contribution in [0.5, 0.6) is 0 Å². The first-order valence-corrected chi connectivity index (χ1v) is 8.44. The van der Waals surface area contributed by atoms with Crippen LogP contribution in [0.2, 0.25) is 10.0 Å². The number of halogens is 5. The Morgan fingerprint density at radius 2 is 1.82 bits per heavy atom. The Hall–Kier alpha value is -2.52. The van der Waals surface area contributed by atoms with Crippen LogP contribution in [-0.2, 0) is 20.7 Å². The van der Waals surface area contributed by atoms with Crippen molar-refractivity contribution < 1.29 is 27.5 Å². The number of methoxy groups -OCH3 is 1. The SMILES string of the molecule is COC(=O)C(NC(=O)Cc1ccccc1)(Nc1ncc(Cl)cc1Cl)C(F)(F)F. The highest BCUT2D eigenvalue weighted by molar-refractivity contribution is 6.36. The van der Waals surface area contributed by atoms with Crippen molar-refractivity contribution in [2.24, 2.45) is 0 Å². The third-order valence-electron chi connectivity index (χ3n) is 3.56. The van der Waals surface area contributed by atoms with E-state index in [1.165, 1.54) is 0 Å². The third kappa shape index (κ3) is 4.85. The average Bonchev–Trinajstić information content (AvgIpc) is 2.62. The van der Waals surface area contributed by atoms with Gasteiger partial charge in [-0.2, -0.15) is 13.2 Å². The van der Waals surface area contributed by atoms with Crippen LogP contribution in [0.25, 0.3) is 0 Å². The van der Waals surface area contributed by atoms with E-state index < -0.39 is 36.0 Å². The smallest absolute Gasteiger partial charge is 0.441 e. The molecule has 1 unspecified atom stereocenters. The molecule has 1 heterocycles. The first-order chi connectivity index (χ1) is 13.1. The van der Waals surface area contributed by atoms with Gasteiger partial charge in [-0.15, -0.1) is 0 Å². The lowest BCUT2D eigenvalue weighted by atomic mass is 10.1. The summed E-state index contributed by atoms with van der Waals surface area (Å²) in [6.07, 6.45) is -4.67. The number of benzene rings is 1. The van der Waals surface area contributed by atoms with Gasteiger partial charge in [0.15, 0.2) is 0 Å². The molecule has 1 aromatic heterocycles. The van der Waals surface area contributed by atoms with Gasteiger partial charge >= 0.3 is 17.8 Å². The summed E-state index contributed by atoms with van der Waals surface area (Å²) in [4.78, 5) is 28.1. The predicted octanol–water partition coefficient (Wildman–Crippen LogP) is 3.59. The first-order valence-electron chi connectivity index (χ1n) is 7.68. The first kappa shape index (κ1) is 21.8. The van der Waals surface area contributed by atoms with Crippen molar-refractivity contribution in [3.63, 3.8) is 0 Å². The maximum absolute atomic E-state index is 13.9. The minimum atomic E-state index is -5.29. The molecule has 0 aliphatic carbocycles. The average molecular weight is 436 g/mol. The van der Waals surface area contributed by atoms with E-state index in [9.17, 15) is 22.8 Å².